The number of benzene rings is 1. The molecule has 0 aliphatic heterocycles. The molecule has 0 aliphatic carbocycles. The summed E-state index contributed by atoms with van der Waals surface area (Å²) in [7, 11) is 0. The molecular formula is C15H19NO2. The van der Waals surface area contributed by atoms with E-state index in [-0.39, 0.29) is 6.10 Å². The zero-order chi connectivity index (χ0) is 13.2. The van der Waals surface area contributed by atoms with Crippen LogP contribution in [-0.2, 0) is 11.2 Å². The number of hydrogen-bond donors (Lipinski definition) is 1. The minimum absolute atomic E-state index is 0.290. The number of allylic oxidation sites excluding steroid dienone is 3. The Labute approximate surface area is 108 Å². The van der Waals surface area contributed by atoms with Crippen molar-refractivity contribution in [2.75, 3.05) is 0 Å². The number of primary amides is 1. The minimum atomic E-state index is -0.750. The monoisotopic (exact) mass is 245 g/mol. The van der Waals surface area contributed by atoms with Gasteiger partial charge in [0.1, 0.15) is 6.10 Å². The van der Waals surface area contributed by atoms with E-state index in [2.05, 4.69) is 18.2 Å². The summed E-state index contributed by atoms with van der Waals surface area (Å²) in [6, 6.07) is 10.3. The van der Waals surface area contributed by atoms with Crippen molar-refractivity contribution in [3.63, 3.8) is 0 Å². The first-order valence-corrected chi connectivity index (χ1v) is 6.02. The highest BCUT2D eigenvalue weighted by Gasteiger charge is 1.98. The van der Waals surface area contributed by atoms with Gasteiger partial charge in [-0.05, 0) is 31.4 Å². The lowest BCUT2D eigenvalue weighted by atomic mass is 10.1. The lowest BCUT2D eigenvalue weighted by molar-refractivity contribution is 0.137. The zero-order valence-electron chi connectivity index (χ0n) is 10.6. The van der Waals surface area contributed by atoms with Crippen LogP contribution in [0.1, 0.15) is 18.9 Å². The first kappa shape index (κ1) is 14.0. The fourth-order valence-electron chi connectivity index (χ4n) is 1.51. The average Bonchev–Trinajstić information content (AvgIpc) is 2.34. The summed E-state index contributed by atoms with van der Waals surface area (Å²) in [5.74, 6) is 0. The van der Waals surface area contributed by atoms with Gasteiger partial charge in [-0.15, -0.1) is 0 Å². The van der Waals surface area contributed by atoms with Crippen LogP contribution >= 0.6 is 0 Å². The molecule has 0 bridgehead atoms. The van der Waals surface area contributed by atoms with E-state index in [1.165, 1.54) is 5.56 Å². The van der Waals surface area contributed by atoms with Crippen LogP contribution in [-0.4, -0.2) is 12.2 Å². The Kier molecular flexibility index (Phi) is 6.33. The Balaban J connectivity index is 2.21. The van der Waals surface area contributed by atoms with E-state index in [4.69, 9.17) is 10.5 Å². The second kappa shape index (κ2) is 8.12. The van der Waals surface area contributed by atoms with Gasteiger partial charge in [0.2, 0.25) is 0 Å². The number of rotatable bonds is 6. The van der Waals surface area contributed by atoms with E-state index in [0.29, 0.717) is 0 Å². The van der Waals surface area contributed by atoms with Gasteiger partial charge >= 0.3 is 6.09 Å². The molecule has 0 spiro atoms. The van der Waals surface area contributed by atoms with Crippen LogP contribution in [0.5, 0.6) is 0 Å². The van der Waals surface area contributed by atoms with Crippen molar-refractivity contribution in [3.05, 3.63) is 60.2 Å². The zero-order valence-corrected chi connectivity index (χ0v) is 10.6. The largest absolute Gasteiger partial charge is 0.442 e. The predicted molar refractivity (Wildman–Crippen MR) is 73.2 cm³/mol. The summed E-state index contributed by atoms with van der Waals surface area (Å²) in [6.45, 7) is 1.76. The molecule has 96 valence electrons. The molecule has 1 aromatic carbocycles. The Hall–Kier alpha value is -2.03. The molecule has 3 nitrogen and oxygen atoms in total. The highest BCUT2D eigenvalue weighted by Crippen LogP contribution is 2.02. The highest BCUT2D eigenvalue weighted by molar-refractivity contribution is 5.64. The number of aryl methyl sites for hydroxylation is 1. The van der Waals surface area contributed by atoms with Gasteiger partial charge < -0.3 is 10.5 Å². The van der Waals surface area contributed by atoms with E-state index in [1.807, 2.05) is 30.4 Å². The first-order chi connectivity index (χ1) is 8.68. The molecule has 2 N–H and O–H groups in total. The van der Waals surface area contributed by atoms with Crippen molar-refractivity contribution in [1.82, 2.24) is 0 Å². The average molecular weight is 245 g/mol. The Morgan fingerprint density at radius 1 is 1.33 bits per heavy atom. The lowest BCUT2D eigenvalue weighted by Crippen LogP contribution is -2.18. The van der Waals surface area contributed by atoms with Gasteiger partial charge in [0, 0.05) is 0 Å². The van der Waals surface area contributed by atoms with Gasteiger partial charge in [0.15, 0.2) is 0 Å². The van der Waals surface area contributed by atoms with Crippen molar-refractivity contribution >= 4 is 6.09 Å². The number of nitrogens with two attached hydrogens (primary N) is 1. The smallest absolute Gasteiger partial charge is 0.405 e. The maximum Gasteiger partial charge on any atom is 0.405 e. The van der Waals surface area contributed by atoms with Crippen LogP contribution < -0.4 is 5.73 Å². The summed E-state index contributed by atoms with van der Waals surface area (Å²) in [6.07, 6.45) is 8.64. The number of ether oxygens (including phenoxy) is 1. The van der Waals surface area contributed by atoms with Gasteiger partial charge in [-0.25, -0.2) is 4.79 Å². The van der Waals surface area contributed by atoms with Gasteiger partial charge in [0.05, 0.1) is 0 Å². The van der Waals surface area contributed by atoms with E-state index in [1.54, 1.807) is 13.0 Å². The van der Waals surface area contributed by atoms with Gasteiger partial charge in [0.25, 0.3) is 0 Å². The molecule has 1 atom stereocenters. The van der Waals surface area contributed by atoms with Crippen LogP contribution in [0.15, 0.2) is 54.6 Å². The summed E-state index contributed by atoms with van der Waals surface area (Å²) < 4.78 is 4.74. The third kappa shape index (κ3) is 6.53. The molecular weight excluding hydrogens is 226 g/mol. The Bertz CT molecular complexity index is 410. The Morgan fingerprint density at radius 2 is 2.06 bits per heavy atom. The number of amides is 1. The standard InChI is InChI=1S/C15H19NO2/c1-13(18-15(16)17)9-5-2-3-6-10-14-11-7-4-8-12-14/h2-5,7-9,11-13H,6,10H2,1H3,(H2,16,17)/b3-2+,9-5+. The fourth-order valence-corrected chi connectivity index (χ4v) is 1.51. The number of hydrogen-bond acceptors (Lipinski definition) is 2. The topological polar surface area (TPSA) is 52.3 Å². The molecule has 1 aromatic rings. The molecule has 1 amide bonds. The first-order valence-electron chi connectivity index (χ1n) is 6.02. The molecule has 0 aliphatic rings. The molecule has 0 saturated carbocycles. The van der Waals surface area contributed by atoms with Gasteiger partial charge in [-0.3, -0.25) is 0 Å². The number of carbonyl (C=O) groups excluding carboxylic acids is 1. The van der Waals surface area contributed by atoms with Gasteiger partial charge in [-0.1, -0.05) is 48.6 Å². The molecule has 0 saturated heterocycles. The molecule has 18 heavy (non-hydrogen) atoms. The molecule has 0 fully saturated rings. The van der Waals surface area contributed by atoms with Crippen LogP contribution in [0, 0.1) is 0 Å². The lowest BCUT2D eigenvalue weighted by Gasteiger charge is -2.04. The minimum Gasteiger partial charge on any atom is -0.442 e. The van der Waals surface area contributed by atoms with Crippen molar-refractivity contribution in [2.24, 2.45) is 5.73 Å². The summed E-state index contributed by atoms with van der Waals surface area (Å²) in [5.41, 5.74) is 6.23. The highest BCUT2D eigenvalue weighted by atomic mass is 16.6. The SMILES string of the molecule is CC(/C=C/C=C/CCc1ccccc1)OC(N)=O. The van der Waals surface area contributed by atoms with Gasteiger partial charge in [-0.2, -0.15) is 0 Å². The van der Waals surface area contributed by atoms with Crippen molar-refractivity contribution in [1.29, 1.82) is 0 Å². The third-order valence-electron chi connectivity index (χ3n) is 2.37. The van der Waals surface area contributed by atoms with E-state index >= 15 is 0 Å². The quantitative estimate of drug-likeness (QED) is 0.782. The summed E-state index contributed by atoms with van der Waals surface area (Å²) in [5, 5.41) is 0. The summed E-state index contributed by atoms with van der Waals surface area (Å²) >= 11 is 0. The molecule has 0 heterocycles. The van der Waals surface area contributed by atoms with Crippen molar-refractivity contribution in [2.45, 2.75) is 25.9 Å². The molecule has 0 radical (unpaired) electrons. The maximum absolute atomic E-state index is 10.4. The van der Waals surface area contributed by atoms with Crippen molar-refractivity contribution < 1.29 is 9.53 Å². The van der Waals surface area contributed by atoms with E-state index < -0.39 is 6.09 Å². The van der Waals surface area contributed by atoms with Crippen LogP contribution in [0.25, 0.3) is 0 Å². The number of carbonyl (C=O) groups is 1. The van der Waals surface area contributed by atoms with Crippen LogP contribution in [0.4, 0.5) is 4.79 Å². The fraction of sp³-hybridized carbons (Fsp3) is 0.267. The molecule has 0 aromatic heterocycles. The maximum atomic E-state index is 10.4. The van der Waals surface area contributed by atoms with Crippen molar-refractivity contribution in [3.8, 4) is 0 Å². The van der Waals surface area contributed by atoms with E-state index in [0.717, 1.165) is 12.8 Å². The molecule has 1 rings (SSSR count). The molecule has 3 heteroatoms. The normalized spacial score (nSPS) is 12.9. The van der Waals surface area contributed by atoms with Crippen LogP contribution in [0.2, 0.25) is 0 Å². The predicted octanol–water partition coefficient (Wildman–Crippen LogP) is 3.22. The Morgan fingerprint density at radius 3 is 2.72 bits per heavy atom. The third-order valence-corrected chi connectivity index (χ3v) is 2.37. The molecule has 1 unspecified atom stereocenters. The second-order valence-electron chi connectivity index (χ2n) is 3.98. The summed E-state index contributed by atoms with van der Waals surface area (Å²) in [4.78, 5) is 10.4. The second-order valence-corrected chi connectivity index (χ2v) is 3.98. The van der Waals surface area contributed by atoms with Crippen LogP contribution in [0.3, 0.4) is 0 Å². The van der Waals surface area contributed by atoms with E-state index in [9.17, 15) is 4.79 Å².